The van der Waals surface area contributed by atoms with Crippen LogP contribution < -0.4 is 0 Å². The summed E-state index contributed by atoms with van der Waals surface area (Å²) in [6.45, 7) is 0.311. The molecule has 0 aromatic rings. The van der Waals surface area contributed by atoms with Crippen LogP contribution in [-0.2, 0) is 19.0 Å². The average Bonchev–Trinajstić information content (AvgIpc) is 2.49. The second kappa shape index (κ2) is 2.77. The Morgan fingerprint density at radius 1 is 1.67 bits per heavy atom. The van der Waals surface area contributed by atoms with E-state index in [0.29, 0.717) is 6.61 Å². The van der Waals surface area contributed by atoms with Crippen molar-refractivity contribution in [1.82, 2.24) is 0 Å². The monoisotopic (exact) mass is 174 g/mol. The number of methoxy groups -OCH3 is 1. The van der Waals surface area contributed by atoms with Gasteiger partial charge in [0.05, 0.1) is 6.61 Å². The van der Waals surface area contributed by atoms with E-state index in [9.17, 15) is 9.90 Å². The Labute approximate surface area is 69.2 Å². The first kappa shape index (κ1) is 8.12. The van der Waals surface area contributed by atoms with E-state index in [2.05, 4.69) is 0 Å². The lowest BCUT2D eigenvalue weighted by molar-refractivity contribution is -0.191. The summed E-state index contributed by atoms with van der Waals surface area (Å²) in [7, 11) is 1.41. The molecule has 68 valence electrons. The molecule has 2 fully saturated rings. The van der Waals surface area contributed by atoms with E-state index in [1.807, 2.05) is 0 Å². The van der Waals surface area contributed by atoms with Crippen LogP contribution in [0.4, 0.5) is 0 Å². The SMILES string of the molecule is CO[C@H]1C(=O)[C@H](O)[C@@H]2OC[C@H]1O2. The molecule has 2 bridgehead atoms. The van der Waals surface area contributed by atoms with Gasteiger partial charge in [-0.05, 0) is 0 Å². The number of hydrogen-bond acceptors (Lipinski definition) is 5. The lowest BCUT2D eigenvalue weighted by Crippen LogP contribution is -2.51. The Hall–Kier alpha value is -0.490. The van der Waals surface area contributed by atoms with Crippen LogP contribution in [0.3, 0.4) is 0 Å². The second-order valence-electron chi connectivity index (χ2n) is 2.88. The Bertz CT molecular complexity index is 204. The fourth-order valence-electron chi connectivity index (χ4n) is 1.52. The molecule has 5 heteroatoms. The Morgan fingerprint density at radius 3 is 3.08 bits per heavy atom. The fourth-order valence-corrected chi connectivity index (χ4v) is 1.52. The van der Waals surface area contributed by atoms with Gasteiger partial charge < -0.3 is 19.3 Å². The van der Waals surface area contributed by atoms with Crippen molar-refractivity contribution in [2.45, 2.75) is 24.6 Å². The number of aliphatic hydroxyl groups is 1. The van der Waals surface area contributed by atoms with Crippen LogP contribution in [0.1, 0.15) is 0 Å². The van der Waals surface area contributed by atoms with Crippen molar-refractivity contribution in [3.63, 3.8) is 0 Å². The van der Waals surface area contributed by atoms with Crippen LogP contribution >= 0.6 is 0 Å². The van der Waals surface area contributed by atoms with Crippen LogP contribution in [0, 0.1) is 0 Å². The van der Waals surface area contributed by atoms with Gasteiger partial charge in [0.25, 0.3) is 0 Å². The molecule has 0 radical (unpaired) electrons. The van der Waals surface area contributed by atoms with Crippen molar-refractivity contribution in [2.24, 2.45) is 0 Å². The van der Waals surface area contributed by atoms with Gasteiger partial charge in [-0.25, -0.2) is 0 Å². The number of fused-ring (bicyclic) bond motifs is 2. The molecule has 2 saturated heterocycles. The van der Waals surface area contributed by atoms with Gasteiger partial charge in [0.2, 0.25) is 0 Å². The second-order valence-corrected chi connectivity index (χ2v) is 2.88. The summed E-state index contributed by atoms with van der Waals surface area (Å²) in [5.74, 6) is -0.351. The third-order valence-corrected chi connectivity index (χ3v) is 2.16. The van der Waals surface area contributed by atoms with Gasteiger partial charge in [-0.3, -0.25) is 4.79 Å². The first-order valence-electron chi connectivity index (χ1n) is 3.75. The lowest BCUT2D eigenvalue weighted by Gasteiger charge is -2.28. The summed E-state index contributed by atoms with van der Waals surface area (Å²) in [4.78, 5) is 11.3. The molecule has 2 aliphatic heterocycles. The Morgan fingerprint density at radius 2 is 2.42 bits per heavy atom. The van der Waals surface area contributed by atoms with Crippen LogP contribution in [0.2, 0.25) is 0 Å². The van der Waals surface area contributed by atoms with Gasteiger partial charge in [-0.1, -0.05) is 0 Å². The molecule has 0 aromatic carbocycles. The molecule has 1 N–H and O–H groups in total. The molecule has 0 aromatic heterocycles. The van der Waals surface area contributed by atoms with Crippen LogP contribution in [0.5, 0.6) is 0 Å². The Balaban J connectivity index is 2.20. The zero-order chi connectivity index (χ0) is 8.72. The van der Waals surface area contributed by atoms with E-state index in [1.54, 1.807) is 0 Å². The maximum atomic E-state index is 11.3. The highest BCUT2D eigenvalue weighted by molar-refractivity contribution is 5.89. The van der Waals surface area contributed by atoms with E-state index < -0.39 is 18.5 Å². The van der Waals surface area contributed by atoms with E-state index in [1.165, 1.54) is 7.11 Å². The topological polar surface area (TPSA) is 65.0 Å². The smallest absolute Gasteiger partial charge is 0.197 e. The lowest BCUT2D eigenvalue weighted by atomic mass is 10.0. The molecular formula is C7H10O5. The van der Waals surface area contributed by atoms with Crippen molar-refractivity contribution >= 4 is 5.78 Å². The first-order valence-corrected chi connectivity index (χ1v) is 3.75. The molecule has 2 heterocycles. The number of carbonyl (C=O) groups is 1. The van der Waals surface area contributed by atoms with Crippen molar-refractivity contribution in [3.8, 4) is 0 Å². The standard InChI is InChI=1S/C7H10O5/c1-10-6-3-2-11-7(12-3)5(9)4(6)8/h3,5-7,9H,2H2,1H3/t3-,5+,6-,7-/m1/s1. The summed E-state index contributed by atoms with van der Waals surface area (Å²) in [5, 5.41) is 9.29. The number of ketones is 1. The van der Waals surface area contributed by atoms with Gasteiger partial charge in [0.1, 0.15) is 12.2 Å². The van der Waals surface area contributed by atoms with Crippen molar-refractivity contribution in [1.29, 1.82) is 0 Å². The van der Waals surface area contributed by atoms with Gasteiger partial charge >= 0.3 is 0 Å². The van der Waals surface area contributed by atoms with Crippen molar-refractivity contribution in [2.75, 3.05) is 13.7 Å². The maximum absolute atomic E-state index is 11.3. The number of carbonyl (C=O) groups excluding carboxylic acids is 1. The van der Waals surface area contributed by atoms with Gasteiger partial charge in [0, 0.05) is 7.11 Å². The molecule has 12 heavy (non-hydrogen) atoms. The van der Waals surface area contributed by atoms with Crippen molar-refractivity contribution < 1.29 is 24.1 Å². The maximum Gasteiger partial charge on any atom is 0.197 e. The van der Waals surface area contributed by atoms with Crippen molar-refractivity contribution in [3.05, 3.63) is 0 Å². The molecule has 5 nitrogen and oxygen atoms in total. The van der Waals surface area contributed by atoms with Crippen LogP contribution in [0.15, 0.2) is 0 Å². The third kappa shape index (κ3) is 0.980. The minimum Gasteiger partial charge on any atom is -0.380 e. The average molecular weight is 174 g/mol. The highest BCUT2D eigenvalue weighted by atomic mass is 16.7. The molecule has 0 amide bonds. The van der Waals surface area contributed by atoms with E-state index in [0.717, 1.165) is 0 Å². The Kier molecular flexibility index (Phi) is 1.88. The normalized spacial score (nSPS) is 46.7. The molecule has 4 atom stereocenters. The molecule has 0 unspecified atom stereocenters. The predicted octanol–water partition coefficient (Wildman–Crippen LogP) is -1.31. The number of hydrogen-bond donors (Lipinski definition) is 1. The molecule has 0 saturated carbocycles. The third-order valence-electron chi connectivity index (χ3n) is 2.16. The van der Waals surface area contributed by atoms with Crippen LogP contribution in [-0.4, -0.2) is 49.2 Å². The minimum absolute atomic E-state index is 0.311. The summed E-state index contributed by atoms with van der Waals surface area (Å²) in [5.41, 5.74) is 0. The summed E-state index contributed by atoms with van der Waals surface area (Å²) in [6, 6.07) is 0. The van der Waals surface area contributed by atoms with E-state index >= 15 is 0 Å². The highest BCUT2D eigenvalue weighted by Crippen LogP contribution is 2.26. The molecule has 0 spiro atoms. The molecular weight excluding hydrogens is 164 g/mol. The molecule has 2 aliphatic rings. The number of Topliss-reactive ketones (excluding diaryl/α,β-unsaturated/α-hetero) is 1. The van der Waals surface area contributed by atoms with E-state index in [4.69, 9.17) is 14.2 Å². The zero-order valence-corrected chi connectivity index (χ0v) is 6.60. The van der Waals surface area contributed by atoms with E-state index in [-0.39, 0.29) is 11.9 Å². The summed E-state index contributed by atoms with van der Waals surface area (Å²) < 4.78 is 15.1. The van der Waals surface area contributed by atoms with Gasteiger partial charge in [-0.15, -0.1) is 0 Å². The van der Waals surface area contributed by atoms with Gasteiger partial charge in [-0.2, -0.15) is 0 Å². The fraction of sp³-hybridized carbons (Fsp3) is 0.857. The summed E-state index contributed by atoms with van der Waals surface area (Å²) in [6.07, 6.45) is -3.02. The zero-order valence-electron chi connectivity index (χ0n) is 6.60. The number of rotatable bonds is 1. The first-order chi connectivity index (χ1) is 5.74. The largest absolute Gasteiger partial charge is 0.380 e. The minimum atomic E-state index is -1.20. The number of aliphatic hydroxyl groups excluding tert-OH is 1. The van der Waals surface area contributed by atoms with Gasteiger partial charge in [0.15, 0.2) is 18.2 Å². The van der Waals surface area contributed by atoms with Crippen LogP contribution in [0.25, 0.3) is 0 Å². The molecule has 2 rings (SSSR count). The molecule has 0 aliphatic carbocycles. The number of ether oxygens (including phenoxy) is 3. The predicted molar refractivity (Wildman–Crippen MR) is 36.4 cm³/mol. The quantitative estimate of drug-likeness (QED) is 0.534. The summed E-state index contributed by atoms with van der Waals surface area (Å²) >= 11 is 0. The highest BCUT2D eigenvalue weighted by Gasteiger charge is 2.49.